The lowest BCUT2D eigenvalue weighted by atomic mass is 10.2. The SMILES string of the molecule is NNc1cc(Nc2ccc(C(F)(F)F)cc2Cl)ccn1. The van der Waals surface area contributed by atoms with Crippen molar-refractivity contribution in [2.75, 3.05) is 10.7 Å². The maximum atomic E-state index is 12.5. The Kier molecular flexibility index (Phi) is 4.01. The van der Waals surface area contributed by atoms with E-state index in [1.807, 2.05) is 0 Å². The van der Waals surface area contributed by atoms with Gasteiger partial charge in [0, 0.05) is 18.0 Å². The van der Waals surface area contributed by atoms with Crippen LogP contribution in [0.1, 0.15) is 5.56 Å². The minimum absolute atomic E-state index is 0.0288. The fourth-order valence-corrected chi connectivity index (χ4v) is 1.76. The highest BCUT2D eigenvalue weighted by atomic mass is 35.5. The van der Waals surface area contributed by atoms with Crippen molar-refractivity contribution in [3.05, 3.63) is 47.1 Å². The van der Waals surface area contributed by atoms with E-state index in [-0.39, 0.29) is 5.02 Å². The minimum atomic E-state index is -4.42. The van der Waals surface area contributed by atoms with Gasteiger partial charge in [0.15, 0.2) is 0 Å². The van der Waals surface area contributed by atoms with Crippen LogP contribution in [0.4, 0.5) is 30.4 Å². The third-order valence-electron chi connectivity index (χ3n) is 2.48. The zero-order chi connectivity index (χ0) is 14.8. The molecule has 0 aliphatic carbocycles. The molecule has 2 aromatic rings. The largest absolute Gasteiger partial charge is 0.416 e. The highest BCUT2D eigenvalue weighted by molar-refractivity contribution is 6.33. The number of halogens is 4. The second-order valence-corrected chi connectivity index (χ2v) is 4.30. The van der Waals surface area contributed by atoms with Gasteiger partial charge in [-0.05, 0) is 24.3 Å². The molecular weight excluding hydrogens is 293 g/mol. The van der Waals surface area contributed by atoms with Crippen LogP contribution in [-0.2, 0) is 6.18 Å². The first kappa shape index (κ1) is 14.4. The van der Waals surface area contributed by atoms with Gasteiger partial charge in [-0.3, -0.25) is 0 Å². The lowest BCUT2D eigenvalue weighted by molar-refractivity contribution is -0.137. The molecule has 0 amide bonds. The van der Waals surface area contributed by atoms with Crippen LogP contribution in [0.15, 0.2) is 36.5 Å². The molecule has 0 aliphatic rings. The number of alkyl halides is 3. The third kappa shape index (κ3) is 3.31. The molecule has 20 heavy (non-hydrogen) atoms. The summed E-state index contributed by atoms with van der Waals surface area (Å²) in [7, 11) is 0. The normalized spacial score (nSPS) is 11.2. The number of rotatable bonds is 3. The number of nitrogen functional groups attached to an aromatic ring is 1. The summed E-state index contributed by atoms with van der Waals surface area (Å²) in [5, 5.41) is 2.86. The number of hydrazine groups is 1. The smallest absolute Gasteiger partial charge is 0.354 e. The summed E-state index contributed by atoms with van der Waals surface area (Å²) >= 11 is 5.84. The molecule has 1 aromatic heterocycles. The number of nitrogens with one attached hydrogen (secondary N) is 2. The molecule has 0 saturated heterocycles. The van der Waals surface area contributed by atoms with Crippen LogP contribution < -0.4 is 16.6 Å². The lowest BCUT2D eigenvalue weighted by Crippen LogP contribution is -2.08. The topological polar surface area (TPSA) is 63.0 Å². The van der Waals surface area contributed by atoms with E-state index in [2.05, 4.69) is 15.7 Å². The zero-order valence-electron chi connectivity index (χ0n) is 10.0. The van der Waals surface area contributed by atoms with Crippen LogP contribution in [0.5, 0.6) is 0 Å². The van der Waals surface area contributed by atoms with Gasteiger partial charge < -0.3 is 10.7 Å². The van der Waals surface area contributed by atoms with Crippen molar-refractivity contribution in [1.29, 1.82) is 0 Å². The van der Waals surface area contributed by atoms with E-state index in [0.29, 0.717) is 17.2 Å². The molecular formula is C12H10ClF3N4. The summed E-state index contributed by atoms with van der Waals surface area (Å²) in [5.74, 6) is 5.63. The molecule has 0 radical (unpaired) electrons. The lowest BCUT2D eigenvalue weighted by Gasteiger charge is -2.12. The average molecular weight is 303 g/mol. The van der Waals surface area contributed by atoms with Crippen molar-refractivity contribution in [1.82, 2.24) is 4.98 Å². The van der Waals surface area contributed by atoms with E-state index in [0.717, 1.165) is 12.1 Å². The van der Waals surface area contributed by atoms with Gasteiger partial charge >= 0.3 is 6.18 Å². The van der Waals surface area contributed by atoms with Crippen molar-refractivity contribution in [2.45, 2.75) is 6.18 Å². The number of anilines is 3. The Bertz CT molecular complexity index is 616. The van der Waals surface area contributed by atoms with E-state index in [1.165, 1.54) is 12.3 Å². The summed E-state index contributed by atoms with van der Waals surface area (Å²) in [5.41, 5.74) is 2.51. The van der Waals surface area contributed by atoms with Gasteiger partial charge in [-0.1, -0.05) is 11.6 Å². The average Bonchev–Trinajstić information content (AvgIpc) is 2.40. The molecule has 0 saturated carbocycles. The molecule has 0 atom stereocenters. The summed E-state index contributed by atoms with van der Waals surface area (Å²) in [6, 6.07) is 6.31. The first-order chi connectivity index (χ1) is 9.40. The maximum absolute atomic E-state index is 12.5. The Labute approximate surface area is 117 Å². The van der Waals surface area contributed by atoms with Crippen molar-refractivity contribution < 1.29 is 13.2 Å². The van der Waals surface area contributed by atoms with Crippen LogP contribution >= 0.6 is 11.6 Å². The quantitative estimate of drug-likeness (QED) is 0.596. The maximum Gasteiger partial charge on any atom is 0.416 e. The van der Waals surface area contributed by atoms with E-state index >= 15 is 0 Å². The van der Waals surface area contributed by atoms with Crippen LogP contribution in [0.25, 0.3) is 0 Å². The predicted molar refractivity (Wildman–Crippen MR) is 71.8 cm³/mol. The second-order valence-electron chi connectivity index (χ2n) is 3.89. The fraction of sp³-hybridized carbons (Fsp3) is 0.0833. The molecule has 0 unspecified atom stereocenters. The Morgan fingerprint density at radius 3 is 2.50 bits per heavy atom. The first-order valence-electron chi connectivity index (χ1n) is 5.46. The molecule has 1 aromatic carbocycles. The zero-order valence-corrected chi connectivity index (χ0v) is 10.8. The highest BCUT2D eigenvalue weighted by Crippen LogP contribution is 2.34. The number of nitrogens with zero attached hydrogens (tertiary/aromatic N) is 1. The van der Waals surface area contributed by atoms with Crippen LogP contribution in [-0.4, -0.2) is 4.98 Å². The number of hydrogen-bond acceptors (Lipinski definition) is 4. The molecule has 4 nitrogen and oxygen atoms in total. The number of benzene rings is 1. The summed E-state index contributed by atoms with van der Waals surface area (Å²) in [6.07, 6.45) is -2.93. The molecule has 1 heterocycles. The van der Waals surface area contributed by atoms with Crippen LogP contribution in [0, 0.1) is 0 Å². The Morgan fingerprint density at radius 2 is 1.90 bits per heavy atom. The molecule has 106 valence electrons. The molecule has 0 bridgehead atoms. The van der Waals surface area contributed by atoms with Crippen LogP contribution in [0.3, 0.4) is 0 Å². The van der Waals surface area contributed by atoms with Gasteiger partial charge in [-0.2, -0.15) is 13.2 Å². The minimum Gasteiger partial charge on any atom is -0.354 e. The van der Waals surface area contributed by atoms with Crippen molar-refractivity contribution >= 4 is 28.8 Å². The fourth-order valence-electron chi connectivity index (χ4n) is 1.54. The van der Waals surface area contributed by atoms with E-state index in [4.69, 9.17) is 17.4 Å². The Hall–Kier alpha value is -1.99. The Balaban J connectivity index is 2.25. The Morgan fingerprint density at radius 1 is 1.15 bits per heavy atom. The van der Waals surface area contributed by atoms with Gasteiger partial charge in [0.05, 0.1) is 16.3 Å². The standard InChI is InChI=1S/C12H10ClF3N4/c13-9-5-7(12(14,15)16)1-2-10(9)19-8-3-4-18-11(6-8)20-17/h1-6H,17H2,(H2,18,19,20). The molecule has 0 aliphatic heterocycles. The number of hydrogen-bond donors (Lipinski definition) is 3. The summed E-state index contributed by atoms with van der Waals surface area (Å²) in [4.78, 5) is 3.91. The molecule has 0 spiro atoms. The monoisotopic (exact) mass is 302 g/mol. The van der Waals surface area contributed by atoms with Gasteiger partial charge in [0.1, 0.15) is 5.82 Å². The van der Waals surface area contributed by atoms with Gasteiger partial charge in [-0.25, -0.2) is 10.8 Å². The molecule has 8 heteroatoms. The van der Waals surface area contributed by atoms with Gasteiger partial charge in [-0.15, -0.1) is 0 Å². The summed E-state index contributed by atoms with van der Waals surface area (Å²) < 4.78 is 37.5. The predicted octanol–water partition coefficient (Wildman–Crippen LogP) is 3.78. The van der Waals surface area contributed by atoms with Crippen molar-refractivity contribution in [2.24, 2.45) is 5.84 Å². The first-order valence-corrected chi connectivity index (χ1v) is 5.84. The second kappa shape index (κ2) is 5.56. The van der Waals surface area contributed by atoms with Crippen molar-refractivity contribution in [3.63, 3.8) is 0 Å². The van der Waals surface area contributed by atoms with Crippen LogP contribution in [0.2, 0.25) is 5.02 Å². The summed E-state index contributed by atoms with van der Waals surface area (Å²) in [6.45, 7) is 0. The third-order valence-corrected chi connectivity index (χ3v) is 2.80. The van der Waals surface area contributed by atoms with E-state index in [9.17, 15) is 13.2 Å². The van der Waals surface area contributed by atoms with E-state index < -0.39 is 11.7 Å². The number of nitrogens with two attached hydrogens (primary N) is 1. The molecule has 4 N–H and O–H groups in total. The van der Waals surface area contributed by atoms with Crippen molar-refractivity contribution in [3.8, 4) is 0 Å². The molecule has 0 fully saturated rings. The molecule has 2 rings (SSSR count). The van der Waals surface area contributed by atoms with E-state index in [1.54, 1.807) is 12.1 Å². The number of aromatic nitrogens is 1. The number of pyridine rings is 1. The highest BCUT2D eigenvalue weighted by Gasteiger charge is 2.30. The van der Waals surface area contributed by atoms with Gasteiger partial charge in [0.25, 0.3) is 0 Å². The van der Waals surface area contributed by atoms with Gasteiger partial charge in [0.2, 0.25) is 0 Å².